The Kier molecular flexibility index (Phi) is 4.31. The number of aryl methyl sites for hydroxylation is 1. The Balaban J connectivity index is 1.64. The maximum absolute atomic E-state index is 4.55. The summed E-state index contributed by atoms with van der Waals surface area (Å²) in [4.78, 5) is 7.84. The van der Waals surface area contributed by atoms with Gasteiger partial charge in [0.1, 0.15) is 0 Å². The molecule has 0 saturated heterocycles. The predicted molar refractivity (Wildman–Crippen MR) is 84.7 cm³/mol. The summed E-state index contributed by atoms with van der Waals surface area (Å²) in [6.45, 7) is 4.34. The molecule has 5 heteroatoms. The number of hydrogen-bond donors (Lipinski definition) is 2. The van der Waals surface area contributed by atoms with Crippen molar-refractivity contribution in [2.75, 3.05) is 13.1 Å². The van der Waals surface area contributed by atoms with Crippen LogP contribution in [0.2, 0.25) is 0 Å². The Morgan fingerprint density at radius 3 is 3.00 bits per heavy atom. The van der Waals surface area contributed by atoms with E-state index in [1.165, 1.54) is 12.0 Å². The van der Waals surface area contributed by atoms with Gasteiger partial charge >= 0.3 is 0 Å². The molecular weight excluding hydrogens is 262 g/mol. The normalized spacial score (nSPS) is 11.3. The second-order valence-electron chi connectivity index (χ2n) is 5.22. The minimum Gasteiger partial charge on any atom is -0.322 e. The van der Waals surface area contributed by atoms with E-state index in [-0.39, 0.29) is 0 Å². The van der Waals surface area contributed by atoms with Crippen LogP contribution in [0.4, 0.5) is 0 Å². The number of nitrogens with zero attached hydrogens (tertiary/aromatic N) is 3. The standard InChI is InChI=1S/C16H21N5/c1-2-9-17-10-5-6-13-11-18-21(12-13)16-19-14-7-3-4-8-15(14)20-16/h3-4,7-8,11-12,17H,2,5-6,9-10H2,1H3,(H,19,20). The van der Waals surface area contributed by atoms with Crippen LogP contribution in [-0.2, 0) is 6.42 Å². The Hall–Kier alpha value is -2.14. The maximum atomic E-state index is 4.55. The predicted octanol–water partition coefficient (Wildman–Crippen LogP) is 2.68. The van der Waals surface area contributed by atoms with Crippen molar-refractivity contribution >= 4 is 11.0 Å². The molecule has 0 radical (unpaired) electrons. The number of nitrogens with one attached hydrogen (secondary N) is 2. The van der Waals surface area contributed by atoms with E-state index >= 15 is 0 Å². The third kappa shape index (κ3) is 3.31. The highest BCUT2D eigenvalue weighted by molar-refractivity contribution is 5.75. The fourth-order valence-electron chi connectivity index (χ4n) is 2.37. The van der Waals surface area contributed by atoms with Gasteiger partial charge in [0, 0.05) is 6.20 Å². The van der Waals surface area contributed by atoms with E-state index in [1.54, 1.807) is 0 Å². The summed E-state index contributed by atoms with van der Waals surface area (Å²) >= 11 is 0. The van der Waals surface area contributed by atoms with Crippen molar-refractivity contribution in [3.63, 3.8) is 0 Å². The second kappa shape index (κ2) is 6.54. The first-order chi connectivity index (χ1) is 10.4. The number of aromatic nitrogens is 4. The lowest BCUT2D eigenvalue weighted by molar-refractivity contribution is 0.640. The molecule has 1 aromatic carbocycles. The molecule has 0 unspecified atom stereocenters. The fraction of sp³-hybridized carbons (Fsp3) is 0.375. The quantitative estimate of drug-likeness (QED) is 0.655. The summed E-state index contributed by atoms with van der Waals surface area (Å²) in [6.07, 6.45) is 7.33. The van der Waals surface area contributed by atoms with Crippen molar-refractivity contribution in [2.24, 2.45) is 0 Å². The molecule has 0 bridgehead atoms. The molecule has 0 atom stereocenters. The van der Waals surface area contributed by atoms with E-state index < -0.39 is 0 Å². The van der Waals surface area contributed by atoms with Gasteiger partial charge < -0.3 is 10.3 Å². The lowest BCUT2D eigenvalue weighted by Crippen LogP contribution is -2.16. The SMILES string of the molecule is CCCNCCCc1cnn(-c2nc3ccccc3[nH]2)c1. The molecule has 110 valence electrons. The Bertz CT molecular complexity index is 664. The van der Waals surface area contributed by atoms with Gasteiger partial charge in [-0.1, -0.05) is 19.1 Å². The molecule has 0 aliphatic heterocycles. The smallest absolute Gasteiger partial charge is 0.229 e. The number of para-hydroxylation sites is 2. The van der Waals surface area contributed by atoms with Gasteiger partial charge in [0.25, 0.3) is 0 Å². The van der Waals surface area contributed by atoms with Crippen LogP contribution in [0.3, 0.4) is 0 Å². The first-order valence-corrected chi connectivity index (χ1v) is 7.56. The largest absolute Gasteiger partial charge is 0.322 e. The van der Waals surface area contributed by atoms with Gasteiger partial charge in [0.2, 0.25) is 5.95 Å². The van der Waals surface area contributed by atoms with E-state index in [2.05, 4.69) is 33.5 Å². The third-order valence-electron chi connectivity index (χ3n) is 3.48. The molecule has 2 aromatic heterocycles. The molecule has 0 spiro atoms. The van der Waals surface area contributed by atoms with Gasteiger partial charge in [0.05, 0.1) is 17.2 Å². The van der Waals surface area contributed by atoms with Crippen LogP contribution in [0.25, 0.3) is 17.0 Å². The van der Waals surface area contributed by atoms with Gasteiger partial charge in [-0.15, -0.1) is 0 Å². The number of benzene rings is 1. The van der Waals surface area contributed by atoms with E-state index in [0.29, 0.717) is 0 Å². The molecule has 3 aromatic rings. The minimum atomic E-state index is 0.770. The van der Waals surface area contributed by atoms with Gasteiger partial charge in [-0.05, 0) is 50.0 Å². The molecule has 2 N–H and O–H groups in total. The van der Waals surface area contributed by atoms with Crippen molar-refractivity contribution in [1.82, 2.24) is 25.1 Å². The van der Waals surface area contributed by atoms with Crippen molar-refractivity contribution < 1.29 is 0 Å². The zero-order valence-corrected chi connectivity index (χ0v) is 12.3. The Morgan fingerprint density at radius 2 is 2.14 bits per heavy atom. The molecule has 3 rings (SSSR count). The highest BCUT2D eigenvalue weighted by atomic mass is 15.3. The van der Waals surface area contributed by atoms with Crippen LogP contribution in [0.15, 0.2) is 36.7 Å². The van der Waals surface area contributed by atoms with Crippen LogP contribution in [0.1, 0.15) is 25.3 Å². The van der Waals surface area contributed by atoms with Crippen molar-refractivity contribution in [3.05, 3.63) is 42.2 Å². The number of fused-ring (bicyclic) bond motifs is 1. The van der Waals surface area contributed by atoms with Gasteiger partial charge in [-0.3, -0.25) is 0 Å². The number of rotatable bonds is 7. The van der Waals surface area contributed by atoms with Crippen molar-refractivity contribution in [3.8, 4) is 5.95 Å². The summed E-state index contributed by atoms with van der Waals surface area (Å²) in [6, 6.07) is 8.02. The Morgan fingerprint density at radius 1 is 1.24 bits per heavy atom. The summed E-state index contributed by atoms with van der Waals surface area (Å²) in [5.74, 6) is 0.770. The van der Waals surface area contributed by atoms with Crippen LogP contribution in [0.5, 0.6) is 0 Å². The molecule has 2 heterocycles. The minimum absolute atomic E-state index is 0.770. The number of H-pyrrole nitrogens is 1. The molecule has 0 amide bonds. The monoisotopic (exact) mass is 283 g/mol. The van der Waals surface area contributed by atoms with Crippen LogP contribution < -0.4 is 5.32 Å². The van der Waals surface area contributed by atoms with E-state index in [0.717, 1.165) is 42.9 Å². The molecule has 0 aliphatic rings. The summed E-state index contributed by atoms with van der Waals surface area (Å²) in [5.41, 5.74) is 3.25. The lowest BCUT2D eigenvalue weighted by Gasteiger charge is -2.00. The zero-order valence-electron chi connectivity index (χ0n) is 12.3. The average molecular weight is 283 g/mol. The Labute approximate surface area is 124 Å². The lowest BCUT2D eigenvalue weighted by atomic mass is 10.2. The van der Waals surface area contributed by atoms with Crippen LogP contribution >= 0.6 is 0 Å². The maximum Gasteiger partial charge on any atom is 0.229 e. The molecular formula is C16H21N5. The summed E-state index contributed by atoms with van der Waals surface area (Å²) < 4.78 is 1.81. The topological polar surface area (TPSA) is 58.5 Å². The molecule has 0 fully saturated rings. The highest BCUT2D eigenvalue weighted by Gasteiger charge is 2.06. The molecule has 0 aliphatic carbocycles. The fourth-order valence-corrected chi connectivity index (χ4v) is 2.37. The van der Waals surface area contributed by atoms with E-state index in [9.17, 15) is 0 Å². The summed E-state index contributed by atoms with van der Waals surface area (Å²) in [5, 5.41) is 7.82. The average Bonchev–Trinajstić information content (AvgIpc) is 3.13. The number of imidazole rings is 1. The molecule has 21 heavy (non-hydrogen) atoms. The number of hydrogen-bond acceptors (Lipinski definition) is 3. The van der Waals surface area contributed by atoms with Gasteiger partial charge in [-0.25, -0.2) is 9.67 Å². The van der Waals surface area contributed by atoms with E-state index in [4.69, 9.17) is 0 Å². The van der Waals surface area contributed by atoms with Gasteiger partial charge in [0.15, 0.2) is 0 Å². The summed E-state index contributed by atoms with van der Waals surface area (Å²) in [7, 11) is 0. The zero-order chi connectivity index (χ0) is 14.5. The molecule has 5 nitrogen and oxygen atoms in total. The van der Waals surface area contributed by atoms with Crippen LogP contribution in [0, 0.1) is 0 Å². The van der Waals surface area contributed by atoms with Gasteiger partial charge in [-0.2, -0.15) is 5.10 Å². The van der Waals surface area contributed by atoms with Crippen molar-refractivity contribution in [1.29, 1.82) is 0 Å². The van der Waals surface area contributed by atoms with E-state index in [1.807, 2.05) is 35.1 Å². The van der Waals surface area contributed by atoms with Crippen molar-refractivity contribution in [2.45, 2.75) is 26.2 Å². The second-order valence-corrected chi connectivity index (χ2v) is 5.22. The third-order valence-corrected chi connectivity index (χ3v) is 3.48. The highest BCUT2D eigenvalue weighted by Crippen LogP contribution is 2.13. The first kappa shape index (κ1) is 13.8. The molecule has 0 saturated carbocycles. The number of aromatic amines is 1. The first-order valence-electron chi connectivity index (χ1n) is 7.56. The van der Waals surface area contributed by atoms with Crippen LogP contribution in [-0.4, -0.2) is 32.8 Å².